The maximum atomic E-state index is 11.4. The first kappa shape index (κ1) is 17.2. The zero-order valence-corrected chi connectivity index (χ0v) is 12.3. The van der Waals surface area contributed by atoms with Gasteiger partial charge in [-0.2, -0.15) is 0 Å². The number of aliphatic hydroxyl groups excluding tert-OH is 2. The number of aliphatic hydroxyl groups is 2. The highest BCUT2D eigenvalue weighted by Crippen LogP contribution is 2.22. The molecule has 1 heterocycles. The maximum absolute atomic E-state index is 11.4. The van der Waals surface area contributed by atoms with Gasteiger partial charge >= 0.3 is 6.09 Å². The molecule has 0 aliphatic carbocycles. The van der Waals surface area contributed by atoms with Gasteiger partial charge in [0, 0.05) is 12.1 Å². The number of carbonyl (C=O) groups is 2. The van der Waals surface area contributed by atoms with Crippen molar-refractivity contribution in [3.8, 4) is 0 Å². The molecule has 3 N–H and O–H groups in total. The Labute approximate surface area is 122 Å². The van der Waals surface area contributed by atoms with Crippen molar-refractivity contribution in [2.24, 2.45) is 0 Å². The van der Waals surface area contributed by atoms with Crippen LogP contribution in [0.3, 0.4) is 0 Å². The van der Waals surface area contributed by atoms with Gasteiger partial charge in [0.05, 0.1) is 12.4 Å². The second-order valence-electron chi connectivity index (χ2n) is 5.59. The molecule has 2 atom stereocenters. The highest BCUT2D eigenvalue weighted by Gasteiger charge is 2.23. The molecule has 0 saturated carbocycles. The van der Waals surface area contributed by atoms with Crippen LogP contribution >= 0.6 is 0 Å². The van der Waals surface area contributed by atoms with E-state index in [0.717, 1.165) is 0 Å². The Hall–Kier alpha value is -1.86. The average molecular weight is 299 g/mol. The lowest BCUT2D eigenvalue weighted by molar-refractivity contribution is 0.0116. The second kappa shape index (κ2) is 7.24. The third-order valence-corrected chi connectivity index (χ3v) is 2.63. The molecule has 0 aliphatic rings. The van der Waals surface area contributed by atoms with Crippen molar-refractivity contribution in [1.82, 2.24) is 5.32 Å². The van der Waals surface area contributed by atoms with Crippen molar-refractivity contribution in [2.75, 3.05) is 6.54 Å². The molecule has 0 saturated heterocycles. The molecule has 7 nitrogen and oxygen atoms in total. The Morgan fingerprint density at radius 1 is 1.48 bits per heavy atom. The van der Waals surface area contributed by atoms with Crippen LogP contribution in [-0.4, -0.2) is 40.8 Å². The number of hydrogen-bond acceptors (Lipinski definition) is 6. The summed E-state index contributed by atoms with van der Waals surface area (Å²) in [4.78, 5) is 22.1. The van der Waals surface area contributed by atoms with Gasteiger partial charge in [-0.15, -0.1) is 0 Å². The topological polar surface area (TPSA) is 109 Å². The number of ether oxygens (including phenoxy) is 1. The van der Waals surface area contributed by atoms with E-state index < -0.39 is 23.9 Å². The summed E-state index contributed by atoms with van der Waals surface area (Å²) in [6, 6.07) is 1.42. The lowest BCUT2D eigenvalue weighted by Gasteiger charge is -2.21. The number of carbonyl (C=O) groups excluding carboxylic acids is 2. The van der Waals surface area contributed by atoms with Gasteiger partial charge in [0.2, 0.25) is 0 Å². The van der Waals surface area contributed by atoms with Gasteiger partial charge in [-0.25, -0.2) is 4.79 Å². The van der Waals surface area contributed by atoms with Crippen LogP contribution in [0, 0.1) is 0 Å². The predicted octanol–water partition coefficient (Wildman–Crippen LogP) is 1.40. The minimum absolute atomic E-state index is 0.0262. The SMILES string of the molecule is CC(C)(C)OC(=O)NCCC(O)C(O)c1ccoc1C=O. The third kappa shape index (κ3) is 5.57. The molecule has 1 aromatic rings. The maximum Gasteiger partial charge on any atom is 0.407 e. The van der Waals surface area contributed by atoms with Crippen LogP contribution in [0.5, 0.6) is 0 Å². The zero-order valence-electron chi connectivity index (χ0n) is 12.3. The van der Waals surface area contributed by atoms with Gasteiger partial charge in [0.1, 0.15) is 11.7 Å². The first-order valence-electron chi connectivity index (χ1n) is 6.60. The third-order valence-electron chi connectivity index (χ3n) is 2.63. The Morgan fingerprint density at radius 2 is 2.14 bits per heavy atom. The molecule has 2 unspecified atom stereocenters. The van der Waals surface area contributed by atoms with E-state index in [-0.39, 0.29) is 24.3 Å². The number of rotatable bonds is 6. The van der Waals surface area contributed by atoms with Crippen LogP contribution in [0.2, 0.25) is 0 Å². The van der Waals surface area contributed by atoms with Gasteiger partial charge in [0.25, 0.3) is 0 Å². The van der Waals surface area contributed by atoms with Crippen LogP contribution in [-0.2, 0) is 4.74 Å². The molecule has 0 aliphatic heterocycles. The number of furan rings is 1. The first-order chi connectivity index (χ1) is 9.74. The Balaban J connectivity index is 2.42. The molecule has 0 fully saturated rings. The van der Waals surface area contributed by atoms with Crippen LogP contribution in [0.1, 0.15) is 49.4 Å². The first-order valence-corrected chi connectivity index (χ1v) is 6.60. The van der Waals surface area contributed by atoms with Gasteiger partial charge in [-0.05, 0) is 33.3 Å². The minimum atomic E-state index is -1.26. The number of alkyl carbamates (subject to hydrolysis) is 1. The summed E-state index contributed by atoms with van der Waals surface area (Å²) in [5.41, 5.74) is -0.382. The molecule has 21 heavy (non-hydrogen) atoms. The monoisotopic (exact) mass is 299 g/mol. The standard InChI is InChI=1S/C14H21NO6/c1-14(2,3)21-13(19)15-6-4-10(17)12(18)9-5-7-20-11(9)8-16/h5,7-8,10,12,17-18H,4,6H2,1-3H3,(H,15,19). The smallest absolute Gasteiger partial charge is 0.407 e. The van der Waals surface area contributed by atoms with Crippen LogP contribution in [0.4, 0.5) is 4.79 Å². The fraction of sp³-hybridized carbons (Fsp3) is 0.571. The number of nitrogens with one attached hydrogen (secondary N) is 1. The van der Waals surface area contributed by atoms with Crippen molar-refractivity contribution in [3.63, 3.8) is 0 Å². The Morgan fingerprint density at radius 3 is 2.71 bits per heavy atom. The van der Waals surface area contributed by atoms with Gasteiger partial charge in [-0.3, -0.25) is 4.79 Å². The van der Waals surface area contributed by atoms with E-state index in [4.69, 9.17) is 9.15 Å². The second-order valence-corrected chi connectivity index (χ2v) is 5.59. The highest BCUT2D eigenvalue weighted by atomic mass is 16.6. The van der Waals surface area contributed by atoms with Crippen molar-refractivity contribution in [1.29, 1.82) is 0 Å². The molecule has 0 spiro atoms. The van der Waals surface area contributed by atoms with Crippen LogP contribution in [0.15, 0.2) is 16.7 Å². The molecule has 1 rings (SSSR count). The summed E-state index contributed by atoms with van der Waals surface area (Å²) in [5.74, 6) is -0.0262. The number of amides is 1. The van der Waals surface area contributed by atoms with E-state index in [1.54, 1.807) is 20.8 Å². The van der Waals surface area contributed by atoms with Gasteiger partial charge in [0.15, 0.2) is 12.0 Å². The highest BCUT2D eigenvalue weighted by molar-refractivity contribution is 5.73. The quantitative estimate of drug-likeness (QED) is 0.685. The summed E-state index contributed by atoms with van der Waals surface area (Å²) < 4.78 is 9.89. The molecular weight excluding hydrogens is 278 g/mol. The van der Waals surface area contributed by atoms with Gasteiger partial charge in [-0.1, -0.05) is 0 Å². The Bertz CT molecular complexity index is 476. The van der Waals surface area contributed by atoms with Crippen molar-refractivity contribution in [2.45, 2.75) is 45.0 Å². The predicted molar refractivity (Wildman–Crippen MR) is 73.9 cm³/mol. The molecule has 1 aromatic heterocycles. The number of hydrogen-bond donors (Lipinski definition) is 3. The lowest BCUT2D eigenvalue weighted by atomic mass is 10.0. The van der Waals surface area contributed by atoms with Crippen molar-refractivity contribution in [3.05, 3.63) is 23.7 Å². The van der Waals surface area contributed by atoms with E-state index in [1.165, 1.54) is 12.3 Å². The molecular formula is C14H21NO6. The number of aldehydes is 1. The lowest BCUT2D eigenvalue weighted by Crippen LogP contribution is -2.34. The van der Waals surface area contributed by atoms with E-state index >= 15 is 0 Å². The summed E-state index contributed by atoms with van der Waals surface area (Å²) >= 11 is 0. The van der Waals surface area contributed by atoms with E-state index in [2.05, 4.69) is 5.32 Å². The zero-order chi connectivity index (χ0) is 16.0. The van der Waals surface area contributed by atoms with Crippen LogP contribution in [0.25, 0.3) is 0 Å². The molecule has 1 amide bonds. The summed E-state index contributed by atoms with van der Waals surface area (Å²) in [6.07, 6.45) is -1.18. The van der Waals surface area contributed by atoms with Crippen molar-refractivity contribution >= 4 is 12.4 Å². The van der Waals surface area contributed by atoms with E-state index in [9.17, 15) is 19.8 Å². The summed E-state index contributed by atoms with van der Waals surface area (Å²) in [7, 11) is 0. The molecule has 118 valence electrons. The van der Waals surface area contributed by atoms with E-state index in [1.807, 2.05) is 0 Å². The largest absolute Gasteiger partial charge is 0.461 e. The van der Waals surface area contributed by atoms with Gasteiger partial charge < -0.3 is 24.7 Å². The molecule has 0 bridgehead atoms. The molecule has 0 aromatic carbocycles. The van der Waals surface area contributed by atoms with Crippen LogP contribution < -0.4 is 5.32 Å². The Kier molecular flexibility index (Phi) is 5.92. The van der Waals surface area contributed by atoms with Crippen molar-refractivity contribution < 1.29 is 29.0 Å². The van der Waals surface area contributed by atoms with E-state index in [0.29, 0.717) is 6.29 Å². The summed E-state index contributed by atoms with van der Waals surface area (Å²) in [5, 5.41) is 22.3. The minimum Gasteiger partial charge on any atom is -0.461 e. The normalized spacial score (nSPS) is 14.3. The average Bonchev–Trinajstić information content (AvgIpc) is 2.83. The summed E-state index contributed by atoms with van der Waals surface area (Å²) in [6.45, 7) is 5.35. The molecule has 0 radical (unpaired) electrons. The fourth-order valence-corrected chi connectivity index (χ4v) is 1.67. The fourth-order valence-electron chi connectivity index (χ4n) is 1.67. The molecule has 7 heteroatoms.